The van der Waals surface area contributed by atoms with Gasteiger partial charge in [0, 0.05) is 54.0 Å². The van der Waals surface area contributed by atoms with Crippen LogP contribution in [-0.2, 0) is 6.18 Å². The number of anilines is 1. The van der Waals surface area contributed by atoms with E-state index in [2.05, 4.69) is 39.0 Å². The molecule has 3 aromatic rings. The first-order chi connectivity index (χ1) is 14.3. The Morgan fingerprint density at radius 2 is 2.13 bits per heavy atom. The third kappa shape index (κ3) is 3.83. The smallest absolute Gasteiger partial charge is 0.360 e. The van der Waals surface area contributed by atoms with E-state index in [1.54, 1.807) is 18.2 Å². The maximum atomic E-state index is 13.7. The molecule has 1 aliphatic rings. The van der Waals surface area contributed by atoms with E-state index < -0.39 is 11.7 Å². The van der Waals surface area contributed by atoms with E-state index in [0.717, 1.165) is 25.7 Å². The van der Waals surface area contributed by atoms with Crippen molar-refractivity contribution in [1.29, 1.82) is 5.26 Å². The van der Waals surface area contributed by atoms with Crippen LogP contribution < -0.4 is 5.32 Å². The van der Waals surface area contributed by atoms with E-state index in [1.165, 1.54) is 6.20 Å². The second-order valence-electron chi connectivity index (χ2n) is 7.75. The molecular formula is C21H21F3N6. The molecule has 1 aliphatic heterocycles. The van der Waals surface area contributed by atoms with E-state index in [9.17, 15) is 13.2 Å². The first kappa shape index (κ1) is 20.2. The number of aromatic nitrogens is 3. The molecule has 2 aromatic heterocycles. The van der Waals surface area contributed by atoms with Crippen LogP contribution in [0.2, 0.25) is 0 Å². The highest BCUT2D eigenvalue weighted by molar-refractivity contribution is 5.96. The molecule has 1 saturated heterocycles. The minimum absolute atomic E-state index is 0.0816. The van der Waals surface area contributed by atoms with Gasteiger partial charge in [0.25, 0.3) is 0 Å². The molecule has 0 amide bonds. The zero-order chi connectivity index (χ0) is 21.5. The largest absolute Gasteiger partial charge is 0.419 e. The van der Waals surface area contributed by atoms with Gasteiger partial charge in [-0.1, -0.05) is 6.07 Å². The molecule has 2 N–H and O–H groups in total. The van der Waals surface area contributed by atoms with Crippen molar-refractivity contribution in [3.63, 3.8) is 0 Å². The van der Waals surface area contributed by atoms with E-state index in [1.807, 2.05) is 6.07 Å². The van der Waals surface area contributed by atoms with Crippen molar-refractivity contribution in [2.75, 3.05) is 18.4 Å². The summed E-state index contributed by atoms with van der Waals surface area (Å²) in [6.07, 6.45) is -1.39. The van der Waals surface area contributed by atoms with E-state index in [4.69, 9.17) is 5.26 Å². The van der Waals surface area contributed by atoms with Crippen LogP contribution in [0, 0.1) is 11.3 Å². The van der Waals surface area contributed by atoms with Gasteiger partial charge in [-0.25, -0.2) is 9.97 Å². The van der Waals surface area contributed by atoms with Crippen molar-refractivity contribution in [1.82, 2.24) is 19.9 Å². The Kier molecular flexibility index (Phi) is 5.12. The standard InChI is InChI=1S/C21H21F3N6/c1-12(2)30-6-5-14(11-30)28-20-27-10-17(21(22,23)24)19(29-20)16-9-26-18-7-13(8-25)3-4-15(16)18/h3-4,7,9-10,12,14,26H,5-6,11H2,1-2H3,(H,27,28,29). The molecule has 0 spiro atoms. The lowest BCUT2D eigenvalue weighted by Gasteiger charge is -2.20. The molecule has 156 valence electrons. The minimum atomic E-state index is -4.59. The summed E-state index contributed by atoms with van der Waals surface area (Å²) in [6, 6.07) is 7.32. The Hall–Kier alpha value is -3.12. The number of fused-ring (bicyclic) bond motifs is 1. The quantitative estimate of drug-likeness (QED) is 0.661. The number of nitrogens with zero attached hydrogens (tertiary/aromatic N) is 4. The van der Waals surface area contributed by atoms with Crippen molar-refractivity contribution in [2.45, 2.75) is 38.5 Å². The zero-order valence-corrected chi connectivity index (χ0v) is 16.6. The number of halogens is 3. The maximum absolute atomic E-state index is 13.7. The number of hydrogen-bond acceptors (Lipinski definition) is 5. The van der Waals surface area contributed by atoms with Crippen LogP contribution >= 0.6 is 0 Å². The SMILES string of the molecule is CC(C)N1CCC(Nc2ncc(C(F)(F)F)c(-c3c[nH]c4cc(C#N)ccc34)n2)C1. The molecule has 1 fully saturated rings. The molecule has 3 heterocycles. The van der Waals surface area contributed by atoms with Crippen molar-refractivity contribution < 1.29 is 13.2 Å². The average molecular weight is 414 g/mol. The zero-order valence-electron chi connectivity index (χ0n) is 16.6. The summed E-state index contributed by atoms with van der Waals surface area (Å²) in [5, 5.41) is 12.8. The number of likely N-dealkylation sites (tertiary alicyclic amines) is 1. The molecule has 9 heteroatoms. The summed E-state index contributed by atoms with van der Waals surface area (Å²) in [6.45, 7) is 5.95. The van der Waals surface area contributed by atoms with Crippen LogP contribution in [0.15, 0.2) is 30.6 Å². The Labute approximate surface area is 171 Å². The highest BCUT2D eigenvalue weighted by Crippen LogP contribution is 2.38. The molecule has 6 nitrogen and oxygen atoms in total. The number of nitriles is 1. The van der Waals surface area contributed by atoms with Crippen LogP contribution in [0.3, 0.4) is 0 Å². The van der Waals surface area contributed by atoms with Crippen LogP contribution in [0.25, 0.3) is 22.2 Å². The van der Waals surface area contributed by atoms with E-state index in [0.29, 0.717) is 28.1 Å². The summed E-state index contributed by atoms with van der Waals surface area (Å²) in [5.41, 5.74) is 0.243. The van der Waals surface area contributed by atoms with Gasteiger partial charge in [-0.2, -0.15) is 18.4 Å². The molecule has 0 bridgehead atoms. The molecule has 1 atom stereocenters. The number of alkyl halides is 3. The predicted octanol–water partition coefficient (Wildman–Crippen LogP) is 4.41. The van der Waals surface area contributed by atoms with Crippen LogP contribution in [0.5, 0.6) is 0 Å². The number of benzene rings is 1. The van der Waals surface area contributed by atoms with Gasteiger partial charge < -0.3 is 10.3 Å². The van der Waals surface area contributed by atoms with Gasteiger partial charge in [-0.05, 0) is 32.4 Å². The fourth-order valence-corrected chi connectivity index (χ4v) is 3.81. The summed E-state index contributed by atoms with van der Waals surface area (Å²) >= 11 is 0. The van der Waals surface area contributed by atoms with Gasteiger partial charge in [0.1, 0.15) is 5.56 Å². The van der Waals surface area contributed by atoms with Gasteiger partial charge in [-0.15, -0.1) is 0 Å². The normalized spacial score (nSPS) is 17.6. The number of rotatable bonds is 4. The second-order valence-corrected chi connectivity index (χ2v) is 7.75. The lowest BCUT2D eigenvalue weighted by molar-refractivity contribution is -0.137. The summed E-state index contributed by atoms with van der Waals surface area (Å²) in [5.74, 6) is 0.177. The minimum Gasteiger partial charge on any atom is -0.360 e. The maximum Gasteiger partial charge on any atom is 0.419 e. The fraction of sp³-hybridized carbons (Fsp3) is 0.381. The molecule has 0 radical (unpaired) electrons. The van der Waals surface area contributed by atoms with E-state index in [-0.39, 0.29) is 17.7 Å². The Morgan fingerprint density at radius 3 is 2.80 bits per heavy atom. The third-order valence-corrected chi connectivity index (χ3v) is 5.44. The second kappa shape index (κ2) is 7.61. The topological polar surface area (TPSA) is 80.6 Å². The van der Waals surface area contributed by atoms with Gasteiger partial charge in [0.15, 0.2) is 0 Å². The molecule has 1 aromatic carbocycles. The number of nitrogens with one attached hydrogen (secondary N) is 2. The highest BCUT2D eigenvalue weighted by atomic mass is 19.4. The molecule has 4 rings (SSSR count). The van der Waals surface area contributed by atoms with Gasteiger partial charge in [0.2, 0.25) is 5.95 Å². The Balaban J connectivity index is 1.73. The van der Waals surface area contributed by atoms with E-state index >= 15 is 0 Å². The summed E-state index contributed by atoms with van der Waals surface area (Å²) in [7, 11) is 0. The third-order valence-electron chi connectivity index (χ3n) is 5.44. The monoisotopic (exact) mass is 414 g/mol. The average Bonchev–Trinajstić information content (AvgIpc) is 3.33. The first-order valence-corrected chi connectivity index (χ1v) is 9.72. The summed E-state index contributed by atoms with van der Waals surface area (Å²) < 4.78 is 41.0. The molecule has 1 unspecified atom stereocenters. The first-order valence-electron chi connectivity index (χ1n) is 9.72. The summed E-state index contributed by atoms with van der Waals surface area (Å²) in [4.78, 5) is 13.5. The van der Waals surface area contributed by atoms with Crippen LogP contribution in [0.4, 0.5) is 19.1 Å². The fourth-order valence-electron chi connectivity index (χ4n) is 3.81. The number of hydrogen-bond donors (Lipinski definition) is 2. The Bertz CT molecular complexity index is 1110. The van der Waals surface area contributed by atoms with Crippen LogP contribution in [-0.4, -0.2) is 45.0 Å². The van der Waals surface area contributed by atoms with Gasteiger partial charge >= 0.3 is 6.18 Å². The van der Waals surface area contributed by atoms with Crippen molar-refractivity contribution in [3.05, 3.63) is 41.7 Å². The molecule has 30 heavy (non-hydrogen) atoms. The lowest BCUT2D eigenvalue weighted by atomic mass is 10.0. The number of H-pyrrole nitrogens is 1. The Morgan fingerprint density at radius 1 is 1.33 bits per heavy atom. The molecule has 0 aliphatic carbocycles. The molecular weight excluding hydrogens is 393 g/mol. The van der Waals surface area contributed by atoms with Gasteiger partial charge in [-0.3, -0.25) is 4.90 Å². The van der Waals surface area contributed by atoms with Crippen molar-refractivity contribution in [2.24, 2.45) is 0 Å². The molecule has 0 saturated carbocycles. The van der Waals surface area contributed by atoms with Crippen molar-refractivity contribution >= 4 is 16.9 Å². The van der Waals surface area contributed by atoms with Crippen LogP contribution in [0.1, 0.15) is 31.4 Å². The van der Waals surface area contributed by atoms with Gasteiger partial charge in [0.05, 0.1) is 17.3 Å². The number of aromatic amines is 1. The lowest BCUT2D eigenvalue weighted by Crippen LogP contribution is -2.31. The highest BCUT2D eigenvalue weighted by Gasteiger charge is 2.36. The van der Waals surface area contributed by atoms with Crippen molar-refractivity contribution in [3.8, 4) is 17.3 Å². The predicted molar refractivity (Wildman–Crippen MR) is 108 cm³/mol.